The van der Waals surface area contributed by atoms with Crippen molar-refractivity contribution in [2.24, 2.45) is 17.3 Å². The largest absolute Gasteiger partial charge is 0.464 e. The van der Waals surface area contributed by atoms with Crippen molar-refractivity contribution in [3.8, 4) is 22.4 Å². The summed E-state index contributed by atoms with van der Waals surface area (Å²) in [5.41, 5.74) is 10.2. The molecule has 0 saturated carbocycles. The summed E-state index contributed by atoms with van der Waals surface area (Å²) < 4.78 is 21.6. The molecule has 0 radical (unpaired) electrons. The van der Waals surface area contributed by atoms with E-state index in [0.717, 1.165) is 63.1 Å². The third-order valence-corrected chi connectivity index (χ3v) is 14.3. The van der Waals surface area contributed by atoms with Gasteiger partial charge in [0.15, 0.2) is 0 Å². The molecule has 5 aliphatic rings. The van der Waals surface area contributed by atoms with Crippen LogP contribution in [0.5, 0.6) is 0 Å². The molecule has 2 N–H and O–H groups in total. The van der Waals surface area contributed by atoms with Crippen LogP contribution in [0.15, 0.2) is 73.4 Å². The Bertz CT molecular complexity index is 2470. The molecule has 4 aromatic rings. The smallest absolute Gasteiger partial charge is 0.324 e. The van der Waals surface area contributed by atoms with E-state index in [4.69, 9.17) is 19.2 Å². The van der Waals surface area contributed by atoms with Gasteiger partial charge in [-0.2, -0.15) is 0 Å². The first-order chi connectivity index (χ1) is 30.3. The van der Waals surface area contributed by atoms with Crippen molar-refractivity contribution in [3.05, 3.63) is 90.3 Å². The lowest BCUT2D eigenvalue weighted by molar-refractivity contribution is -0.170. The fourth-order valence-electron chi connectivity index (χ4n) is 11.2. The van der Waals surface area contributed by atoms with Crippen LogP contribution < -0.4 is 10.7 Å². The number of methoxy groups -OCH3 is 1. The first kappa shape index (κ1) is 42.9. The summed E-state index contributed by atoms with van der Waals surface area (Å²) in [6.45, 7) is 16.2. The number of nitrogens with one attached hydrogen (secondary N) is 2. The number of aryl methyl sites for hydroxylation is 1. The number of nitrogens with zero attached hydrogens (tertiary/aromatic N) is 4. The highest BCUT2D eigenvalue weighted by Crippen LogP contribution is 2.57. The van der Waals surface area contributed by atoms with Gasteiger partial charge in [-0.1, -0.05) is 64.6 Å². The number of hydrogen-bond donors (Lipinski definition) is 2. The molecule has 6 heterocycles. The second-order valence-corrected chi connectivity index (χ2v) is 19.2. The maximum Gasteiger partial charge on any atom is 0.324 e. The van der Waals surface area contributed by atoms with E-state index in [1.54, 1.807) is 12.0 Å². The zero-order chi connectivity index (χ0) is 44.4. The number of ether oxygens (including phenoxy) is 3. The van der Waals surface area contributed by atoms with E-state index < -0.39 is 41.1 Å². The predicted octanol–water partition coefficient (Wildman–Crippen LogP) is 6.50. The molecule has 332 valence electrons. The molecule has 9 rings (SSSR count). The number of cyclic esters (lactones) is 1. The lowest BCUT2D eigenvalue weighted by Crippen LogP contribution is -2.63. The molecule has 3 amide bonds. The Morgan fingerprint density at radius 2 is 1.87 bits per heavy atom. The van der Waals surface area contributed by atoms with E-state index in [2.05, 4.69) is 79.1 Å². The summed E-state index contributed by atoms with van der Waals surface area (Å²) in [7, 11) is 1.73. The Morgan fingerprint density at radius 1 is 1.08 bits per heavy atom. The fraction of sp³-hybridized carbons (Fsp3) is 0.500. The third-order valence-electron chi connectivity index (χ3n) is 14.3. The third kappa shape index (κ3) is 7.55. The minimum Gasteiger partial charge on any atom is -0.464 e. The number of pyridine rings is 1. The maximum atomic E-state index is 14.8. The molecule has 3 unspecified atom stereocenters. The Morgan fingerprint density at radius 3 is 2.62 bits per heavy atom. The Hall–Kier alpha value is -5.37. The molecule has 1 spiro atoms. The van der Waals surface area contributed by atoms with Crippen LogP contribution in [0.4, 0.5) is 0 Å². The summed E-state index contributed by atoms with van der Waals surface area (Å²) in [4.78, 5) is 62.2. The summed E-state index contributed by atoms with van der Waals surface area (Å²) in [5, 5.41) is 5.78. The lowest BCUT2D eigenvalue weighted by Gasteiger charge is -2.47. The molecule has 13 heteroatoms. The Kier molecular flexibility index (Phi) is 11.3. The number of fused-ring (bicyclic) bond motifs is 8. The zero-order valence-corrected chi connectivity index (χ0v) is 37.3. The van der Waals surface area contributed by atoms with E-state index in [1.165, 1.54) is 11.1 Å². The Labute approximate surface area is 369 Å². The number of carbonyl (C=O) groups is 4. The normalized spacial score (nSPS) is 25.5. The van der Waals surface area contributed by atoms with Gasteiger partial charge in [-0.3, -0.25) is 29.2 Å². The van der Waals surface area contributed by atoms with Gasteiger partial charge in [0.25, 0.3) is 5.91 Å². The van der Waals surface area contributed by atoms with Crippen LogP contribution in [0.3, 0.4) is 0 Å². The molecule has 3 fully saturated rings. The number of benzene rings is 2. The second-order valence-electron chi connectivity index (χ2n) is 19.2. The van der Waals surface area contributed by atoms with Crippen LogP contribution in [0, 0.1) is 17.3 Å². The van der Waals surface area contributed by atoms with Crippen LogP contribution in [-0.4, -0.2) is 100 Å². The predicted molar refractivity (Wildman–Crippen MR) is 239 cm³/mol. The minimum atomic E-state index is -0.942. The van der Waals surface area contributed by atoms with E-state index in [-0.39, 0.29) is 48.7 Å². The van der Waals surface area contributed by atoms with Gasteiger partial charge >= 0.3 is 5.97 Å². The topological polar surface area (TPSA) is 144 Å². The van der Waals surface area contributed by atoms with Crippen LogP contribution in [0.25, 0.3) is 33.3 Å². The van der Waals surface area contributed by atoms with E-state index >= 15 is 0 Å². The fourth-order valence-corrected chi connectivity index (χ4v) is 11.2. The summed E-state index contributed by atoms with van der Waals surface area (Å²) >= 11 is 0. The van der Waals surface area contributed by atoms with Gasteiger partial charge in [0, 0.05) is 60.6 Å². The van der Waals surface area contributed by atoms with Crippen LogP contribution in [0.2, 0.25) is 0 Å². The van der Waals surface area contributed by atoms with Gasteiger partial charge in [0.1, 0.15) is 23.8 Å². The van der Waals surface area contributed by atoms with Crippen molar-refractivity contribution >= 4 is 34.6 Å². The first-order valence-electron chi connectivity index (χ1n) is 22.6. The molecule has 1 aliphatic carbocycles. The summed E-state index contributed by atoms with van der Waals surface area (Å²) in [6, 6.07) is 17.2. The van der Waals surface area contributed by atoms with E-state index in [0.29, 0.717) is 38.9 Å². The minimum absolute atomic E-state index is 0.0861. The number of aromatic nitrogens is 2. The molecule has 3 saturated heterocycles. The van der Waals surface area contributed by atoms with Gasteiger partial charge in [0.05, 0.1) is 43.1 Å². The molecule has 6 atom stereocenters. The zero-order valence-electron chi connectivity index (χ0n) is 37.3. The van der Waals surface area contributed by atoms with Gasteiger partial charge in [-0.05, 0) is 91.1 Å². The summed E-state index contributed by atoms with van der Waals surface area (Å²) in [5.74, 6) is -1.99. The number of likely N-dealkylation sites (tertiary alicyclic amines) is 1. The van der Waals surface area contributed by atoms with Gasteiger partial charge in [-0.25, -0.2) is 5.43 Å². The quantitative estimate of drug-likeness (QED) is 0.157. The van der Waals surface area contributed by atoms with Crippen LogP contribution in [0.1, 0.15) is 89.1 Å². The molecular formula is C50H60N6O7. The summed E-state index contributed by atoms with van der Waals surface area (Å²) in [6.07, 6.45) is 5.06. The molecule has 2 aromatic heterocycles. The van der Waals surface area contributed by atoms with Crippen molar-refractivity contribution in [2.75, 3.05) is 33.4 Å². The number of esters is 1. The SMILES string of the molecule is C=CC(=O)N1CC2(CCC([C@H](C(=O)NC3Cc4cccc(c4)-c4ccc5c(c4)c4c(n5CC)-c5cccnc5[C@@H](OC)C4C(C)(C)COC(=O)[C@@H]4CCCN(N4)C3=O)C(C)C)O2)C1. The highest BCUT2D eigenvalue weighted by atomic mass is 16.5. The van der Waals surface area contributed by atoms with E-state index in [9.17, 15) is 19.2 Å². The monoisotopic (exact) mass is 856 g/mol. The highest BCUT2D eigenvalue weighted by molar-refractivity contribution is 5.97. The van der Waals surface area contributed by atoms with Gasteiger partial charge < -0.3 is 29.0 Å². The van der Waals surface area contributed by atoms with Crippen molar-refractivity contribution < 1.29 is 33.4 Å². The number of amides is 3. The lowest BCUT2D eigenvalue weighted by atomic mass is 9.67. The molecule has 4 aliphatic heterocycles. The molecular weight excluding hydrogens is 797 g/mol. The van der Waals surface area contributed by atoms with Crippen LogP contribution >= 0.6 is 0 Å². The van der Waals surface area contributed by atoms with Crippen molar-refractivity contribution in [2.45, 2.75) is 109 Å². The second kappa shape index (κ2) is 16.6. The van der Waals surface area contributed by atoms with Gasteiger partial charge in [0.2, 0.25) is 11.8 Å². The molecule has 13 nitrogen and oxygen atoms in total. The van der Waals surface area contributed by atoms with Crippen molar-refractivity contribution in [3.63, 3.8) is 0 Å². The highest BCUT2D eigenvalue weighted by Gasteiger charge is 2.54. The molecule has 6 bridgehead atoms. The number of carbonyl (C=O) groups excluding carboxylic acids is 4. The van der Waals surface area contributed by atoms with Crippen molar-refractivity contribution in [1.82, 2.24) is 30.2 Å². The molecule has 2 aromatic carbocycles. The Balaban J connectivity index is 1.10. The number of hydrazine groups is 1. The standard InChI is InChI=1S/C50H60N6O7/c1-8-39(57)54-26-50(27-54)20-19-38(63-50)40(29(3)4)46(58)52-36-24-30-13-10-14-31(23-30)32-17-18-37-34(25-32)41-42(45(61-7)43-33(15-11-21-51-43)44(41)55(37)9-2)49(5,6)28-62-48(60)35-16-12-22-56(53-35)47(36)59/h8,10-11,13-15,17-18,21,23,25,29,35-36,38,40,42,45,53H,1,9,12,16,19-20,22,24,26-28H2,2-7H3,(H,52,58)/t35-,36?,38?,40+,42?,45-/m0/s1. The average Bonchev–Trinajstić information content (AvgIpc) is 3.86. The number of hydrogen-bond acceptors (Lipinski definition) is 9. The van der Waals surface area contributed by atoms with E-state index in [1.807, 2.05) is 38.2 Å². The van der Waals surface area contributed by atoms with Gasteiger partial charge in [-0.15, -0.1) is 0 Å². The maximum absolute atomic E-state index is 14.8. The number of rotatable bonds is 7. The first-order valence-corrected chi connectivity index (χ1v) is 22.6. The molecule has 63 heavy (non-hydrogen) atoms. The average molecular weight is 857 g/mol. The van der Waals surface area contributed by atoms with Crippen LogP contribution in [-0.2, 0) is 46.4 Å². The van der Waals surface area contributed by atoms with Crippen molar-refractivity contribution in [1.29, 1.82) is 0 Å².